The van der Waals surface area contributed by atoms with Crippen LogP contribution in [0, 0.1) is 17.0 Å². The Morgan fingerprint density at radius 2 is 1.84 bits per heavy atom. The lowest BCUT2D eigenvalue weighted by atomic mass is 9.78. The Balaban J connectivity index is 2.18. The first-order valence-corrected chi connectivity index (χ1v) is 6.92. The molecule has 2 nitrogen and oxygen atoms in total. The van der Waals surface area contributed by atoms with Crippen LogP contribution in [0.2, 0.25) is 0 Å². The summed E-state index contributed by atoms with van der Waals surface area (Å²) in [5.41, 5.74) is 6.32. The van der Waals surface area contributed by atoms with Crippen molar-refractivity contribution in [1.29, 1.82) is 0 Å². The summed E-state index contributed by atoms with van der Waals surface area (Å²) in [7, 11) is 0. The fourth-order valence-corrected chi connectivity index (χ4v) is 2.62. The quantitative estimate of drug-likeness (QED) is 0.910. The minimum Gasteiger partial charge on any atom is -0.369 e. The van der Waals surface area contributed by atoms with Crippen LogP contribution in [0.3, 0.4) is 0 Å². The predicted molar refractivity (Wildman–Crippen MR) is 74.1 cm³/mol. The van der Waals surface area contributed by atoms with Gasteiger partial charge in [-0.15, -0.1) is 0 Å². The first kappa shape index (κ1) is 14.3. The summed E-state index contributed by atoms with van der Waals surface area (Å²) in [5.74, 6) is -1.56. The molecule has 1 aromatic rings. The molecule has 19 heavy (non-hydrogen) atoms. The van der Waals surface area contributed by atoms with Crippen LogP contribution in [0.5, 0.6) is 0 Å². The van der Waals surface area contributed by atoms with Gasteiger partial charge < -0.3 is 10.6 Å². The lowest BCUT2D eigenvalue weighted by molar-refractivity contribution is 0.237. The van der Waals surface area contributed by atoms with E-state index in [4.69, 9.17) is 5.73 Å². The molecule has 2 N–H and O–H groups in total. The molecule has 0 aromatic heterocycles. The van der Waals surface area contributed by atoms with Crippen LogP contribution in [-0.2, 0) is 6.54 Å². The number of nitrogens with zero attached hydrogens (tertiary/aromatic N) is 1. The summed E-state index contributed by atoms with van der Waals surface area (Å²) >= 11 is 0. The molecule has 1 heterocycles. The average molecular weight is 268 g/mol. The smallest absolute Gasteiger partial charge is 0.182 e. The number of halogens is 2. The van der Waals surface area contributed by atoms with Gasteiger partial charge in [-0.25, -0.2) is 8.78 Å². The SMILES string of the molecule is CCC1(C)CCN(c2ccc(CN)c(F)c2F)CC1. The van der Waals surface area contributed by atoms with E-state index in [1.54, 1.807) is 12.1 Å². The number of hydrogen-bond donors (Lipinski definition) is 1. The van der Waals surface area contributed by atoms with Crippen LogP contribution in [0.4, 0.5) is 14.5 Å². The second kappa shape index (κ2) is 5.45. The molecule has 0 atom stereocenters. The molecule has 0 saturated carbocycles. The Kier molecular flexibility index (Phi) is 4.09. The van der Waals surface area contributed by atoms with Crippen molar-refractivity contribution in [2.24, 2.45) is 11.1 Å². The highest BCUT2D eigenvalue weighted by atomic mass is 19.2. The fourth-order valence-electron chi connectivity index (χ4n) is 2.62. The Labute approximate surface area is 113 Å². The third kappa shape index (κ3) is 2.73. The van der Waals surface area contributed by atoms with Gasteiger partial charge in [-0.1, -0.05) is 26.3 Å². The van der Waals surface area contributed by atoms with Crippen LogP contribution in [0.15, 0.2) is 12.1 Å². The van der Waals surface area contributed by atoms with E-state index in [0.29, 0.717) is 11.1 Å². The number of anilines is 1. The highest BCUT2D eigenvalue weighted by Gasteiger charge is 2.29. The molecular weight excluding hydrogens is 246 g/mol. The van der Waals surface area contributed by atoms with Gasteiger partial charge in [0.15, 0.2) is 11.6 Å². The minimum absolute atomic E-state index is 0.0247. The third-order valence-electron chi connectivity index (χ3n) is 4.53. The molecule has 1 aromatic carbocycles. The van der Waals surface area contributed by atoms with Crippen LogP contribution < -0.4 is 10.6 Å². The largest absolute Gasteiger partial charge is 0.369 e. The zero-order valence-corrected chi connectivity index (χ0v) is 11.7. The molecule has 1 fully saturated rings. The maximum absolute atomic E-state index is 14.0. The van der Waals surface area contributed by atoms with Gasteiger partial charge in [0, 0.05) is 25.2 Å². The van der Waals surface area contributed by atoms with E-state index >= 15 is 0 Å². The Bertz CT molecular complexity index is 452. The van der Waals surface area contributed by atoms with Crippen molar-refractivity contribution in [1.82, 2.24) is 0 Å². The molecule has 0 bridgehead atoms. The maximum Gasteiger partial charge on any atom is 0.182 e. The molecule has 106 valence electrons. The van der Waals surface area contributed by atoms with Gasteiger partial charge in [-0.05, 0) is 24.3 Å². The number of rotatable bonds is 3. The summed E-state index contributed by atoms with van der Waals surface area (Å²) in [5, 5.41) is 0. The molecule has 2 rings (SSSR count). The van der Waals surface area contributed by atoms with Gasteiger partial charge in [-0.2, -0.15) is 0 Å². The monoisotopic (exact) mass is 268 g/mol. The van der Waals surface area contributed by atoms with Crippen molar-refractivity contribution in [3.05, 3.63) is 29.3 Å². The van der Waals surface area contributed by atoms with Crippen LogP contribution >= 0.6 is 0 Å². The minimum atomic E-state index is -0.802. The van der Waals surface area contributed by atoms with Crippen molar-refractivity contribution in [2.75, 3.05) is 18.0 Å². The van der Waals surface area contributed by atoms with Gasteiger partial charge in [0.05, 0.1) is 5.69 Å². The maximum atomic E-state index is 14.0. The van der Waals surface area contributed by atoms with Gasteiger partial charge in [0.2, 0.25) is 0 Å². The first-order chi connectivity index (χ1) is 9.00. The number of benzene rings is 1. The van der Waals surface area contributed by atoms with Gasteiger partial charge in [0.1, 0.15) is 0 Å². The molecule has 0 unspecified atom stereocenters. The fraction of sp³-hybridized carbons (Fsp3) is 0.600. The highest BCUT2D eigenvalue weighted by molar-refractivity contribution is 5.50. The van der Waals surface area contributed by atoms with Crippen molar-refractivity contribution in [3.63, 3.8) is 0 Å². The summed E-state index contributed by atoms with van der Waals surface area (Å²) in [6, 6.07) is 3.23. The molecule has 1 aliphatic rings. The van der Waals surface area contributed by atoms with E-state index in [-0.39, 0.29) is 12.1 Å². The second-order valence-electron chi connectivity index (χ2n) is 5.73. The zero-order chi connectivity index (χ0) is 14.0. The van der Waals surface area contributed by atoms with Crippen LogP contribution in [0.25, 0.3) is 0 Å². The summed E-state index contributed by atoms with van der Waals surface area (Å²) < 4.78 is 27.8. The van der Waals surface area contributed by atoms with Gasteiger partial charge >= 0.3 is 0 Å². The van der Waals surface area contributed by atoms with E-state index < -0.39 is 11.6 Å². The Morgan fingerprint density at radius 1 is 1.21 bits per heavy atom. The second-order valence-corrected chi connectivity index (χ2v) is 5.73. The van der Waals surface area contributed by atoms with Crippen LogP contribution in [-0.4, -0.2) is 13.1 Å². The summed E-state index contributed by atoms with van der Waals surface area (Å²) in [6.45, 7) is 6.03. The summed E-state index contributed by atoms with van der Waals surface area (Å²) in [4.78, 5) is 1.94. The van der Waals surface area contributed by atoms with E-state index in [0.717, 1.165) is 32.4 Å². The van der Waals surface area contributed by atoms with Gasteiger partial charge in [0.25, 0.3) is 0 Å². The number of nitrogens with two attached hydrogens (primary N) is 1. The summed E-state index contributed by atoms with van der Waals surface area (Å²) in [6.07, 6.45) is 3.16. The molecule has 0 radical (unpaired) electrons. The van der Waals surface area contributed by atoms with E-state index in [1.807, 2.05) is 4.90 Å². The van der Waals surface area contributed by atoms with E-state index in [9.17, 15) is 8.78 Å². The van der Waals surface area contributed by atoms with Crippen molar-refractivity contribution >= 4 is 5.69 Å². The first-order valence-electron chi connectivity index (χ1n) is 6.92. The molecule has 0 aliphatic carbocycles. The van der Waals surface area contributed by atoms with Crippen molar-refractivity contribution in [2.45, 2.75) is 39.7 Å². The normalized spacial score (nSPS) is 18.7. The van der Waals surface area contributed by atoms with Crippen molar-refractivity contribution < 1.29 is 8.78 Å². The molecular formula is C15H22F2N2. The molecule has 0 spiro atoms. The molecule has 0 amide bonds. The molecule has 4 heteroatoms. The standard InChI is InChI=1S/C15H22F2N2/c1-3-15(2)6-8-19(9-7-15)12-5-4-11(10-18)13(16)14(12)17/h4-5H,3,6-10,18H2,1-2H3. The molecule has 1 saturated heterocycles. The third-order valence-corrected chi connectivity index (χ3v) is 4.53. The zero-order valence-electron chi connectivity index (χ0n) is 11.7. The van der Waals surface area contributed by atoms with Crippen molar-refractivity contribution in [3.8, 4) is 0 Å². The van der Waals surface area contributed by atoms with E-state index in [2.05, 4.69) is 13.8 Å². The lowest BCUT2D eigenvalue weighted by Crippen LogP contribution is -2.39. The topological polar surface area (TPSA) is 29.3 Å². The number of piperidine rings is 1. The average Bonchev–Trinajstić information content (AvgIpc) is 2.43. The highest BCUT2D eigenvalue weighted by Crippen LogP contribution is 2.36. The van der Waals surface area contributed by atoms with E-state index in [1.165, 1.54) is 0 Å². The molecule has 1 aliphatic heterocycles. The number of hydrogen-bond acceptors (Lipinski definition) is 2. The lowest BCUT2D eigenvalue weighted by Gasteiger charge is -2.40. The Hall–Kier alpha value is -1.16. The Morgan fingerprint density at radius 3 is 2.37 bits per heavy atom. The predicted octanol–water partition coefficient (Wildman–Crippen LogP) is 3.44. The van der Waals surface area contributed by atoms with Gasteiger partial charge in [-0.3, -0.25) is 0 Å². The van der Waals surface area contributed by atoms with Crippen LogP contribution in [0.1, 0.15) is 38.7 Å².